The second-order valence-corrected chi connectivity index (χ2v) is 5.33. The number of carbonyl (C=O) groups is 1. The van der Waals surface area contributed by atoms with E-state index < -0.39 is 0 Å². The molecule has 114 valence electrons. The van der Waals surface area contributed by atoms with Gasteiger partial charge in [0.1, 0.15) is 11.4 Å². The first-order valence-electron chi connectivity index (χ1n) is 7.05. The molecule has 0 saturated heterocycles. The minimum atomic E-state index is -0.320. The summed E-state index contributed by atoms with van der Waals surface area (Å²) in [5, 5.41) is 27.6. The Hall–Kier alpha value is -3.35. The number of nitrogens with one attached hydrogen (secondary N) is 3. The van der Waals surface area contributed by atoms with Crippen LogP contribution in [-0.2, 0) is 0 Å². The molecular formula is C16H13N5O2. The van der Waals surface area contributed by atoms with Crippen molar-refractivity contribution in [1.82, 2.24) is 20.4 Å². The van der Waals surface area contributed by atoms with Gasteiger partial charge < -0.3 is 10.4 Å². The number of rotatable bonds is 2. The number of fused-ring (bicyclic) bond motifs is 2. The molecule has 2 aromatic carbocycles. The Labute approximate surface area is 130 Å². The van der Waals surface area contributed by atoms with Gasteiger partial charge in [-0.3, -0.25) is 15.0 Å². The van der Waals surface area contributed by atoms with Gasteiger partial charge in [0.25, 0.3) is 5.91 Å². The fraction of sp³-hybridized carbons (Fsp3) is 0.0625. The molecule has 4 N–H and O–H groups in total. The normalized spacial score (nSPS) is 11.2. The molecule has 0 bridgehead atoms. The number of aromatic amines is 2. The molecule has 23 heavy (non-hydrogen) atoms. The summed E-state index contributed by atoms with van der Waals surface area (Å²) >= 11 is 0. The third kappa shape index (κ3) is 2.10. The van der Waals surface area contributed by atoms with E-state index >= 15 is 0 Å². The van der Waals surface area contributed by atoms with Crippen LogP contribution in [0.5, 0.6) is 5.75 Å². The molecule has 2 heterocycles. The summed E-state index contributed by atoms with van der Waals surface area (Å²) in [6.45, 7) is 1.94. The van der Waals surface area contributed by atoms with Crippen molar-refractivity contribution in [3.63, 3.8) is 0 Å². The van der Waals surface area contributed by atoms with Crippen molar-refractivity contribution in [2.45, 2.75) is 6.92 Å². The molecule has 0 radical (unpaired) electrons. The summed E-state index contributed by atoms with van der Waals surface area (Å²) in [6.07, 6.45) is 0. The van der Waals surface area contributed by atoms with Gasteiger partial charge in [-0.05, 0) is 24.6 Å². The number of hydrogen-bond acceptors (Lipinski definition) is 4. The zero-order valence-corrected chi connectivity index (χ0v) is 12.2. The van der Waals surface area contributed by atoms with Crippen LogP contribution in [0, 0.1) is 6.92 Å². The van der Waals surface area contributed by atoms with Crippen molar-refractivity contribution in [3.8, 4) is 5.75 Å². The summed E-state index contributed by atoms with van der Waals surface area (Å²) < 4.78 is 0. The van der Waals surface area contributed by atoms with Crippen LogP contribution >= 0.6 is 0 Å². The number of phenols is 1. The van der Waals surface area contributed by atoms with Gasteiger partial charge in [-0.15, -0.1) is 0 Å². The van der Waals surface area contributed by atoms with Crippen LogP contribution in [0.15, 0.2) is 36.4 Å². The number of hydrogen-bond donors (Lipinski definition) is 4. The Balaban J connectivity index is 1.72. The van der Waals surface area contributed by atoms with Crippen LogP contribution in [0.3, 0.4) is 0 Å². The lowest BCUT2D eigenvalue weighted by molar-refractivity contribution is 0.102. The molecule has 0 spiro atoms. The summed E-state index contributed by atoms with van der Waals surface area (Å²) in [6, 6.07) is 10.5. The van der Waals surface area contributed by atoms with Crippen molar-refractivity contribution in [3.05, 3.63) is 47.7 Å². The highest BCUT2D eigenvalue weighted by atomic mass is 16.3. The predicted octanol–water partition coefficient (Wildman–Crippen LogP) is 2.71. The number of aromatic nitrogens is 4. The highest BCUT2D eigenvalue weighted by Gasteiger charge is 2.16. The molecule has 0 unspecified atom stereocenters. The van der Waals surface area contributed by atoms with E-state index in [1.807, 2.05) is 25.1 Å². The van der Waals surface area contributed by atoms with Gasteiger partial charge in [-0.1, -0.05) is 18.2 Å². The van der Waals surface area contributed by atoms with E-state index in [0.29, 0.717) is 17.0 Å². The zero-order chi connectivity index (χ0) is 16.0. The Bertz CT molecular complexity index is 1050. The Kier molecular flexibility index (Phi) is 2.80. The van der Waals surface area contributed by atoms with E-state index in [9.17, 15) is 9.90 Å². The highest BCUT2D eigenvalue weighted by Crippen LogP contribution is 2.25. The van der Waals surface area contributed by atoms with Crippen LogP contribution in [-0.4, -0.2) is 31.4 Å². The monoisotopic (exact) mass is 307 g/mol. The van der Waals surface area contributed by atoms with E-state index in [-0.39, 0.29) is 11.7 Å². The third-order valence-electron chi connectivity index (χ3n) is 3.79. The number of anilines is 1. The Morgan fingerprint density at radius 3 is 2.87 bits per heavy atom. The molecule has 4 rings (SSSR count). The van der Waals surface area contributed by atoms with Gasteiger partial charge in [-0.25, -0.2) is 0 Å². The van der Waals surface area contributed by atoms with Crippen LogP contribution in [0.1, 0.15) is 16.1 Å². The quantitative estimate of drug-likeness (QED) is 0.457. The van der Waals surface area contributed by atoms with E-state index in [4.69, 9.17) is 0 Å². The first-order valence-corrected chi connectivity index (χ1v) is 7.05. The Morgan fingerprint density at radius 2 is 2.00 bits per heavy atom. The first kappa shape index (κ1) is 13.3. The number of benzene rings is 2. The topological polar surface area (TPSA) is 107 Å². The fourth-order valence-corrected chi connectivity index (χ4v) is 2.63. The number of H-pyrrole nitrogens is 2. The molecule has 0 saturated carbocycles. The van der Waals surface area contributed by atoms with Crippen molar-refractivity contribution < 1.29 is 9.90 Å². The number of carbonyl (C=O) groups excluding carboxylic acids is 1. The first-order chi connectivity index (χ1) is 11.1. The van der Waals surface area contributed by atoms with Crippen LogP contribution in [0.2, 0.25) is 0 Å². The van der Waals surface area contributed by atoms with E-state index in [0.717, 1.165) is 21.9 Å². The maximum Gasteiger partial charge on any atom is 0.275 e. The molecule has 4 aromatic rings. The number of amides is 1. The third-order valence-corrected chi connectivity index (χ3v) is 3.79. The summed E-state index contributed by atoms with van der Waals surface area (Å²) in [5.74, 6) is 0.217. The average molecular weight is 307 g/mol. The average Bonchev–Trinajstić information content (AvgIpc) is 3.12. The van der Waals surface area contributed by atoms with Gasteiger partial charge >= 0.3 is 0 Å². The molecule has 0 aliphatic heterocycles. The lowest BCUT2D eigenvalue weighted by atomic mass is 10.1. The molecule has 0 aliphatic rings. The van der Waals surface area contributed by atoms with E-state index in [1.54, 1.807) is 18.2 Å². The van der Waals surface area contributed by atoms with Gasteiger partial charge in [0.2, 0.25) is 0 Å². The van der Waals surface area contributed by atoms with Gasteiger partial charge in [0.15, 0.2) is 5.82 Å². The minimum absolute atomic E-state index is 0.133. The molecular weight excluding hydrogens is 294 g/mol. The minimum Gasteiger partial charge on any atom is -0.508 e. The van der Waals surface area contributed by atoms with Gasteiger partial charge in [0.05, 0.1) is 11.0 Å². The molecule has 2 aromatic heterocycles. The summed E-state index contributed by atoms with van der Waals surface area (Å²) in [4.78, 5) is 12.5. The van der Waals surface area contributed by atoms with Crippen molar-refractivity contribution in [2.24, 2.45) is 0 Å². The van der Waals surface area contributed by atoms with Gasteiger partial charge in [-0.2, -0.15) is 10.2 Å². The largest absolute Gasteiger partial charge is 0.508 e. The SMILES string of the molecule is Cc1cccc2c(C(=O)Nc3n[nH]c4cc(O)ccc34)[nH]nc12. The molecule has 7 heteroatoms. The maximum atomic E-state index is 12.5. The predicted molar refractivity (Wildman–Crippen MR) is 86.5 cm³/mol. The Morgan fingerprint density at radius 1 is 1.13 bits per heavy atom. The second kappa shape index (κ2) is 4.84. The molecule has 7 nitrogen and oxygen atoms in total. The smallest absolute Gasteiger partial charge is 0.275 e. The van der Waals surface area contributed by atoms with Crippen LogP contribution in [0.25, 0.3) is 21.8 Å². The number of aromatic hydroxyl groups is 1. The summed E-state index contributed by atoms with van der Waals surface area (Å²) in [7, 11) is 0. The fourth-order valence-electron chi connectivity index (χ4n) is 2.63. The van der Waals surface area contributed by atoms with E-state index in [2.05, 4.69) is 25.7 Å². The molecule has 0 aliphatic carbocycles. The zero-order valence-electron chi connectivity index (χ0n) is 12.2. The lowest BCUT2D eigenvalue weighted by Crippen LogP contribution is -2.13. The molecule has 0 fully saturated rings. The van der Waals surface area contributed by atoms with E-state index in [1.165, 1.54) is 0 Å². The number of aryl methyl sites for hydroxylation is 1. The number of nitrogens with zero attached hydrogens (tertiary/aromatic N) is 2. The number of phenolic OH excluding ortho intramolecular Hbond substituents is 1. The maximum absolute atomic E-state index is 12.5. The lowest BCUT2D eigenvalue weighted by Gasteiger charge is -2.01. The van der Waals surface area contributed by atoms with Crippen molar-refractivity contribution >= 4 is 33.5 Å². The van der Waals surface area contributed by atoms with Gasteiger partial charge in [0, 0.05) is 16.8 Å². The van der Waals surface area contributed by atoms with Crippen LogP contribution < -0.4 is 5.32 Å². The van der Waals surface area contributed by atoms with Crippen LogP contribution in [0.4, 0.5) is 5.82 Å². The van der Waals surface area contributed by atoms with Crippen molar-refractivity contribution in [1.29, 1.82) is 0 Å². The number of para-hydroxylation sites is 1. The van der Waals surface area contributed by atoms with Crippen molar-refractivity contribution in [2.75, 3.05) is 5.32 Å². The highest BCUT2D eigenvalue weighted by molar-refractivity contribution is 6.13. The summed E-state index contributed by atoms with van der Waals surface area (Å²) in [5.41, 5.74) is 2.80. The molecule has 0 atom stereocenters. The second-order valence-electron chi connectivity index (χ2n) is 5.33. The molecule has 1 amide bonds. The standard InChI is InChI=1S/C16H13N5O2/c1-8-3-2-4-11-13(8)19-20-14(11)16(23)17-15-10-6-5-9(22)7-12(10)18-21-15/h2-7,22H,1H3,(H,19,20)(H2,17,18,21,23).